The highest BCUT2D eigenvalue weighted by Crippen LogP contribution is 2.52. The Morgan fingerprint density at radius 2 is 1.94 bits per heavy atom. The second kappa shape index (κ2) is 10.7. The number of benzene rings is 1. The summed E-state index contributed by atoms with van der Waals surface area (Å²) in [6.45, 7) is 4.12. The summed E-state index contributed by atoms with van der Waals surface area (Å²) in [6.07, 6.45) is 9.82. The molecule has 6 nitrogen and oxygen atoms in total. The predicted molar refractivity (Wildman–Crippen MR) is 130 cm³/mol. The smallest absolute Gasteiger partial charge is 0.233 e. The van der Waals surface area contributed by atoms with Crippen molar-refractivity contribution in [2.45, 2.75) is 76.1 Å². The molecule has 2 saturated carbocycles. The molecule has 8 heteroatoms. The van der Waals surface area contributed by atoms with Gasteiger partial charge >= 0.3 is 0 Å². The van der Waals surface area contributed by atoms with Crippen molar-refractivity contribution < 1.29 is 13.9 Å². The van der Waals surface area contributed by atoms with E-state index in [-0.39, 0.29) is 30.1 Å². The van der Waals surface area contributed by atoms with Crippen LogP contribution in [0.25, 0.3) is 0 Å². The highest BCUT2D eigenvalue weighted by atomic mass is 32.2. The van der Waals surface area contributed by atoms with Crippen LogP contribution in [0.5, 0.6) is 5.75 Å². The number of likely N-dealkylation sites (tertiary alicyclic amines) is 1. The zero-order valence-electron chi connectivity index (χ0n) is 20.0. The van der Waals surface area contributed by atoms with Gasteiger partial charge in [-0.15, -0.1) is 10.2 Å². The van der Waals surface area contributed by atoms with E-state index in [0.29, 0.717) is 17.5 Å². The second-order valence-electron chi connectivity index (χ2n) is 10.2. The van der Waals surface area contributed by atoms with Crippen LogP contribution in [0.15, 0.2) is 29.4 Å². The number of ether oxygens (including phenoxy) is 1. The third-order valence-electron chi connectivity index (χ3n) is 8.03. The average Bonchev–Trinajstić information content (AvgIpc) is 3.52. The highest BCUT2D eigenvalue weighted by molar-refractivity contribution is 7.99. The molecule has 1 aromatic carbocycles. The van der Waals surface area contributed by atoms with E-state index in [0.717, 1.165) is 42.9 Å². The summed E-state index contributed by atoms with van der Waals surface area (Å²) in [7, 11) is 0. The minimum Gasteiger partial charge on any atom is -0.483 e. The summed E-state index contributed by atoms with van der Waals surface area (Å²) in [4.78, 5) is 14.9. The van der Waals surface area contributed by atoms with Crippen molar-refractivity contribution in [1.29, 1.82) is 0 Å². The number of halogens is 1. The van der Waals surface area contributed by atoms with Gasteiger partial charge in [-0.05, 0) is 68.9 Å². The first kappa shape index (κ1) is 23.6. The van der Waals surface area contributed by atoms with Gasteiger partial charge in [0.2, 0.25) is 5.91 Å². The van der Waals surface area contributed by atoms with Gasteiger partial charge < -0.3 is 9.64 Å². The van der Waals surface area contributed by atoms with Crippen molar-refractivity contribution in [2.24, 2.45) is 17.8 Å². The number of carbonyl (C=O) groups excluding carboxylic acids is 1. The molecule has 34 heavy (non-hydrogen) atoms. The maximum Gasteiger partial charge on any atom is 0.233 e. The molecule has 1 aliphatic heterocycles. The first-order valence-corrected chi connectivity index (χ1v) is 13.8. The number of thioether (sulfide) groups is 1. The lowest BCUT2D eigenvalue weighted by Gasteiger charge is -2.30. The van der Waals surface area contributed by atoms with Gasteiger partial charge in [0.05, 0.1) is 5.75 Å². The van der Waals surface area contributed by atoms with E-state index in [1.807, 2.05) is 4.90 Å². The van der Waals surface area contributed by atoms with Crippen molar-refractivity contribution in [1.82, 2.24) is 19.7 Å². The molecular formula is C26H35FN4O2S. The Bertz CT molecular complexity index is 991. The molecular weight excluding hydrogens is 451 g/mol. The Balaban J connectivity index is 1.32. The fourth-order valence-corrected chi connectivity index (χ4v) is 7.18. The number of hydrogen-bond acceptors (Lipinski definition) is 5. The van der Waals surface area contributed by atoms with Crippen LogP contribution in [0, 0.1) is 23.6 Å². The van der Waals surface area contributed by atoms with Gasteiger partial charge in [0.25, 0.3) is 0 Å². The number of hydrogen-bond donors (Lipinski definition) is 0. The highest BCUT2D eigenvalue weighted by Gasteiger charge is 2.43. The van der Waals surface area contributed by atoms with Crippen LogP contribution in [0.3, 0.4) is 0 Å². The van der Waals surface area contributed by atoms with Crippen LogP contribution < -0.4 is 4.74 Å². The van der Waals surface area contributed by atoms with E-state index < -0.39 is 0 Å². The summed E-state index contributed by atoms with van der Waals surface area (Å²) in [5, 5.41) is 9.68. The van der Waals surface area contributed by atoms with Crippen molar-refractivity contribution in [2.75, 3.05) is 18.8 Å². The van der Waals surface area contributed by atoms with Crippen molar-refractivity contribution >= 4 is 17.7 Å². The Kier molecular flexibility index (Phi) is 7.42. The quantitative estimate of drug-likeness (QED) is 0.462. The minimum atomic E-state index is -0.382. The fourth-order valence-electron chi connectivity index (χ4n) is 6.23. The Hall–Kier alpha value is -2.09. The number of aromatic nitrogens is 3. The molecule has 3 fully saturated rings. The summed E-state index contributed by atoms with van der Waals surface area (Å²) in [6, 6.07) is 6.66. The van der Waals surface area contributed by atoms with E-state index in [1.165, 1.54) is 56.4 Å². The van der Waals surface area contributed by atoms with Crippen LogP contribution >= 0.6 is 11.8 Å². The number of carbonyl (C=O) groups is 1. The third-order valence-corrected chi connectivity index (χ3v) is 8.96. The second-order valence-corrected chi connectivity index (χ2v) is 11.1. The third kappa shape index (κ3) is 5.11. The standard InChI is InChI=1S/C26H35FN4O2S/c1-18(21-15-19-10-11-20(21)14-19)31-24(16-33-23-9-5-4-8-22(23)27)28-29-26(31)34-17-25(32)30-12-6-2-3-7-13-30/h4-5,8-9,18-21H,2-3,6-7,10-17H2,1H3. The van der Waals surface area contributed by atoms with E-state index in [2.05, 4.69) is 21.7 Å². The van der Waals surface area contributed by atoms with Gasteiger partial charge in [0.1, 0.15) is 6.61 Å². The maximum atomic E-state index is 14.1. The van der Waals surface area contributed by atoms with E-state index >= 15 is 0 Å². The number of rotatable bonds is 8. The lowest BCUT2D eigenvalue weighted by atomic mass is 9.84. The van der Waals surface area contributed by atoms with E-state index in [4.69, 9.17) is 4.74 Å². The lowest BCUT2D eigenvalue weighted by molar-refractivity contribution is -0.128. The number of para-hydroxylation sites is 1. The molecule has 0 N–H and O–H groups in total. The molecule has 4 atom stereocenters. The van der Waals surface area contributed by atoms with Gasteiger partial charge in [-0.2, -0.15) is 0 Å². The molecule has 2 aromatic rings. The van der Waals surface area contributed by atoms with Crippen LogP contribution in [-0.2, 0) is 11.4 Å². The van der Waals surface area contributed by atoms with Gasteiger partial charge in [0.15, 0.2) is 22.5 Å². The molecule has 4 unspecified atom stereocenters. The first-order valence-electron chi connectivity index (χ1n) is 12.8. The number of nitrogens with zero attached hydrogens (tertiary/aromatic N) is 4. The topological polar surface area (TPSA) is 60.2 Å². The molecule has 1 aromatic heterocycles. The Labute approximate surface area is 205 Å². The largest absolute Gasteiger partial charge is 0.483 e. The molecule has 0 spiro atoms. The molecule has 1 amide bonds. The number of amides is 1. The molecule has 3 aliphatic rings. The van der Waals surface area contributed by atoms with Gasteiger partial charge in [-0.1, -0.05) is 43.2 Å². The van der Waals surface area contributed by atoms with E-state index in [1.54, 1.807) is 18.2 Å². The molecule has 2 heterocycles. The van der Waals surface area contributed by atoms with Crippen LogP contribution in [0.1, 0.15) is 70.2 Å². The summed E-state index contributed by atoms with van der Waals surface area (Å²) < 4.78 is 22.1. The minimum absolute atomic E-state index is 0.153. The fraction of sp³-hybridized carbons (Fsp3) is 0.654. The number of fused-ring (bicyclic) bond motifs is 2. The summed E-state index contributed by atoms with van der Waals surface area (Å²) in [5.41, 5.74) is 0. The molecule has 184 valence electrons. The first-order chi connectivity index (χ1) is 16.6. The zero-order chi connectivity index (χ0) is 23.5. The molecule has 1 saturated heterocycles. The van der Waals surface area contributed by atoms with Crippen LogP contribution in [0.4, 0.5) is 4.39 Å². The zero-order valence-corrected chi connectivity index (χ0v) is 20.8. The lowest BCUT2D eigenvalue weighted by Crippen LogP contribution is -2.33. The maximum absolute atomic E-state index is 14.1. The molecule has 0 radical (unpaired) electrons. The van der Waals surface area contributed by atoms with Gasteiger partial charge in [0, 0.05) is 19.1 Å². The molecule has 2 bridgehead atoms. The van der Waals surface area contributed by atoms with Crippen molar-refractivity contribution in [3.8, 4) is 5.75 Å². The Morgan fingerprint density at radius 3 is 2.65 bits per heavy atom. The monoisotopic (exact) mass is 486 g/mol. The SMILES string of the molecule is CC(C1CC2CCC1C2)n1c(COc2ccccc2F)nnc1SCC(=O)N1CCCCCC1. The normalized spacial score (nSPS) is 25.4. The van der Waals surface area contributed by atoms with Crippen LogP contribution in [0.2, 0.25) is 0 Å². The Morgan fingerprint density at radius 1 is 1.15 bits per heavy atom. The van der Waals surface area contributed by atoms with Crippen molar-refractivity contribution in [3.63, 3.8) is 0 Å². The average molecular weight is 487 g/mol. The molecule has 2 aliphatic carbocycles. The van der Waals surface area contributed by atoms with Crippen molar-refractivity contribution in [3.05, 3.63) is 35.9 Å². The molecule has 5 rings (SSSR count). The van der Waals surface area contributed by atoms with E-state index in [9.17, 15) is 9.18 Å². The summed E-state index contributed by atoms with van der Waals surface area (Å²) in [5.74, 6) is 3.26. The van der Waals surface area contributed by atoms with Gasteiger partial charge in [-0.25, -0.2) is 4.39 Å². The van der Waals surface area contributed by atoms with Crippen LogP contribution in [-0.4, -0.2) is 44.4 Å². The summed E-state index contributed by atoms with van der Waals surface area (Å²) >= 11 is 1.48. The van der Waals surface area contributed by atoms with Gasteiger partial charge in [-0.3, -0.25) is 9.36 Å². The predicted octanol–water partition coefficient (Wildman–Crippen LogP) is 5.49.